The molecule has 7 heteroatoms. The van der Waals surface area contributed by atoms with Crippen LogP contribution in [0.1, 0.15) is 31.9 Å². The molecule has 3 aromatic rings. The largest absolute Gasteiger partial charge is 0.448 e. The van der Waals surface area contributed by atoms with Gasteiger partial charge in [-0.3, -0.25) is 10.1 Å². The first-order valence-electron chi connectivity index (χ1n) is 8.78. The highest BCUT2D eigenvalue weighted by atomic mass is 32.1. The number of ether oxygens (including phenoxy) is 1. The van der Waals surface area contributed by atoms with Gasteiger partial charge in [-0.1, -0.05) is 29.8 Å². The maximum absolute atomic E-state index is 13.4. The normalized spacial score (nSPS) is 15.6. The fourth-order valence-electron chi connectivity index (χ4n) is 3.17. The van der Waals surface area contributed by atoms with Crippen molar-refractivity contribution in [1.82, 2.24) is 4.98 Å². The Hall–Kier alpha value is -3.06. The Bertz CT molecular complexity index is 1060. The fourth-order valence-corrected chi connectivity index (χ4v) is 4.02. The van der Waals surface area contributed by atoms with Crippen molar-refractivity contribution in [3.05, 3.63) is 81.6 Å². The highest BCUT2D eigenvalue weighted by Gasteiger charge is 2.32. The fraction of sp³-hybridized carbons (Fsp3) is 0.190. The van der Waals surface area contributed by atoms with Gasteiger partial charge in [-0.05, 0) is 36.2 Å². The van der Waals surface area contributed by atoms with Gasteiger partial charge in [0, 0.05) is 23.9 Å². The number of halogens is 1. The van der Waals surface area contributed by atoms with E-state index < -0.39 is 23.8 Å². The molecule has 4 rings (SSSR count). The van der Waals surface area contributed by atoms with E-state index in [0.717, 1.165) is 11.3 Å². The van der Waals surface area contributed by atoms with Crippen molar-refractivity contribution in [2.75, 3.05) is 5.32 Å². The molecule has 1 aromatic heterocycles. The van der Waals surface area contributed by atoms with Gasteiger partial charge in [-0.25, -0.2) is 14.2 Å². The molecule has 2 heterocycles. The number of hydrogen-bond donors (Lipinski definition) is 1. The number of anilines is 1. The third-order valence-electron chi connectivity index (χ3n) is 4.48. The highest BCUT2D eigenvalue weighted by molar-refractivity contribution is 7.15. The van der Waals surface area contributed by atoms with Gasteiger partial charge in [-0.2, -0.15) is 0 Å². The van der Waals surface area contributed by atoms with Crippen molar-refractivity contribution in [2.45, 2.75) is 25.9 Å². The van der Waals surface area contributed by atoms with E-state index in [0.29, 0.717) is 16.3 Å². The molecule has 5 nitrogen and oxygen atoms in total. The highest BCUT2D eigenvalue weighted by Crippen LogP contribution is 2.25. The Morgan fingerprint density at radius 2 is 2.18 bits per heavy atom. The third-order valence-corrected chi connectivity index (χ3v) is 5.39. The number of aryl methyl sites for hydroxylation is 1. The van der Waals surface area contributed by atoms with E-state index in [1.165, 1.54) is 40.7 Å². The molecule has 142 valence electrons. The second kappa shape index (κ2) is 7.52. The number of aromatic nitrogens is 1. The topological polar surface area (TPSA) is 68.3 Å². The summed E-state index contributed by atoms with van der Waals surface area (Å²) in [5, 5.41) is 3.13. The Labute approximate surface area is 165 Å². The molecule has 0 saturated heterocycles. The van der Waals surface area contributed by atoms with Crippen molar-refractivity contribution in [1.29, 1.82) is 0 Å². The maximum Gasteiger partial charge on any atom is 0.339 e. The first-order valence-corrected chi connectivity index (χ1v) is 9.60. The van der Waals surface area contributed by atoms with Crippen molar-refractivity contribution in [3.63, 3.8) is 0 Å². The van der Waals surface area contributed by atoms with Crippen LogP contribution in [0.2, 0.25) is 0 Å². The van der Waals surface area contributed by atoms with Crippen LogP contribution >= 0.6 is 11.3 Å². The molecule has 0 spiro atoms. The van der Waals surface area contributed by atoms with Crippen molar-refractivity contribution in [3.8, 4) is 0 Å². The molecular formula is C21H17FN2O3S. The summed E-state index contributed by atoms with van der Waals surface area (Å²) in [5.74, 6) is -1.55. The van der Waals surface area contributed by atoms with Crippen LogP contribution in [0.15, 0.2) is 48.7 Å². The predicted molar refractivity (Wildman–Crippen MR) is 104 cm³/mol. The number of carbonyl (C=O) groups is 2. The van der Waals surface area contributed by atoms with E-state index in [9.17, 15) is 14.0 Å². The minimum absolute atomic E-state index is 0.131. The monoisotopic (exact) mass is 396 g/mol. The molecule has 1 aliphatic heterocycles. The molecule has 0 fully saturated rings. The van der Waals surface area contributed by atoms with E-state index in [1.807, 2.05) is 25.1 Å². The van der Waals surface area contributed by atoms with Crippen LogP contribution in [0, 0.1) is 12.7 Å². The predicted octanol–water partition coefficient (Wildman–Crippen LogP) is 3.90. The third kappa shape index (κ3) is 3.94. The van der Waals surface area contributed by atoms with Crippen LogP contribution in [0.3, 0.4) is 0 Å². The molecule has 0 saturated carbocycles. The van der Waals surface area contributed by atoms with Gasteiger partial charge in [-0.15, -0.1) is 11.3 Å². The SMILES string of the molecule is Cc1cccc(Cc2cnc(NC(=O)C3Cc4cc(F)ccc4C(=O)O3)s2)c1. The number of hydrogen-bond acceptors (Lipinski definition) is 5. The van der Waals surface area contributed by atoms with Gasteiger partial charge in [0.15, 0.2) is 11.2 Å². The Morgan fingerprint density at radius 1 is 1.32 bits per heavy atom. The summed E-state index contributed by atoms with van der Waals surface area (Å²) in [6.45, 7) is 2.04. The van der Waals surface area contributed by atoms with E-state index >= 15 is 0 Å². The summed E-state index contributed by atoms with van der Waals surface area (Å²) in [6, 6.07) is 12.0. The molecule has 1 unspecified atom stereocenters. The standard InChI is InChI=1S/C21H17FN2O3S/c1-12-3-2-4-13(7-12)8-16-11-23-21(28-16)24-19(25)18-10-14-9-15(22)5-6-17(14)20(26)27-18/h2-7,9,11,18H,8,10H2,1H3,(H,23,24,25). The van der Waals surface area contributed by atoms with Crippen LogP contribution < -0.4 is 5.32 Å². The van der Waals surface area contributed by atoms with Crippen LogP contribution in [-0.4, -0.2) is 23.0 Å². The second-order valence-corrected chi connectivity index (χ2v) is 7.80. The van der Waals surface area contributed by atoms with Gasteiger partial charge in [0.1, 0.15) is 5.82 Å². The number of nitrogens with one attached hydrogen (secondary N) is 1. The van der Waals surface area contributed by atoms with Gasteiger partial charge in [0.2, 0.25) is 0 Å². The van der Waals surface area contributed by atoms with E-state index in [1.54, 1.807) is 6.20 Å². The number of amides is 1. The van der Waals surface area contributed by atoms with Gasteiger partial charge in [0.05, 0.1) is 5.56 Å². The van der Waals surface area contributed by atoms with Crippen molar-refractivity contribution >= 4 is 28.3 Å². The quantitative estimate of drug-likeness (QED) is 0.679. The van der Waals surface area contributed by atoms with Crippen molar-refractivity contribution < 1.29 is 18.7 Å². The average molecular weight is 396 g/mol. The lowest BCUT2D eigenvalue weighted by molar-refractivity contribution is -0.125. The number of thiazole rings is 1. The number of esters is 1. The lowest BCUT2D eigenvalue weighted by atomic mass is 9.98. The Morgan fingerprint density at radius 3 is 3.00 bits per heavy atom. The van der Waals surface area contributed by atoms with Crippen LogP contribution in [0.4, 0.5) is 9.52 Å². The number of fused-ring (bicyclic) bond motifs is 1. The van der Waals surface area contributed by atoms with Crippen LogP contribution in [0.5, 0.6) is 0 Å². The van der Waals surface area contributed by atoms with E-state index in [2.05, 4.69) is 16.4 Å². The van der Waals surface area contributed by atoms with Crippen molar-refractivity contribution in [2.24, 2.45) is 0 Å². The summed E-state index contributed by atoms with van der Waals surface area (Å²) in [6.07, 6.45) is 1.57. The Balaban J connectivity index is 1.43. The summed E-state index contributed by atoms with van der Waals surface area (Å²) >= 11 is 1.37. The molecule has 1 atom stereocenters. The average Bonchev–Trinajstić information content (AvgIpc) is 3.08. The summed E-state index contributed by atoms with van der Waals surface area (Å²) in [5.41, 5.74) is 3.11. The first-order chi connectivity index (χ1) is 13.5. The summed E-state index contributed by atoms with van der Waals surface area (Å²) < 4.78 is 18.6. The van der Waals surface area contributed by atoms with E-state index in [-0.39, 0.29) is 6.42 Å². The summed E-state index contributed by atoms with van der Waals surface area (Å²) in [4.78, 5) is 29.8. The van der Waals surface area contributed by atoms with E-state index in [4.69, 9.17) is 4.74 Å². The van der Waals surface area contributed by atoms with Gasteiger partial charge >= 0.3 is 5.97 Å². The molecule has 0 aliphatic carbocycles. The minimum Gasteiger partial charge on any atom is -0.448 e. The number of rotatable bonds is 4. The minimum atomic E-state index is -1.01. The lowest BCUT2D eigenvalue weighted by Gasteiger charge is -2.23. The number of benzene rings is 2. The van der Waals surface area contributed by atoms with Crippen LogP contribution in [-0.2, 0) is 22.4 Å². The lowest BCUT2D eigenvalue weighted by Crippen LogP contribution is -2.38. The second-order valence-electron chi connectivity index (χ2n) is 6.69. The zero-order valence-corrected chi connectivity index (χ0v) is 15.9. The number of cyclic esters (lactones) is 1. The number of carbonyl (C=O) groups excluding carboxylic acids is 2. The molecular weight excluding hydrogens is 379 g/mol. The first kappa shape index (κ1) is 18.3. The zero-order chi connectivity index (χ0) is 19.7. The smallest absolute Gasteiger partial charge is 0.339 e. The molecule has 0 radical (unpaired) electrons. The molecule has 28 heavy (non-hydrogen) atoms. The molecule has 1 aliphatic rings. The molecule has 1 N–H and O–H groups in total. The number of nitrogens with zero attached hydrogens (tertiary/aromatic N) is 1. The molecule has 0 bridgehead atoms. The Kier molecular flexibility index (Phi) is 4.92. The summed E-state index contributed by atoms with van der Waals surface area (Å²) in [7, 11) is 0. The van der Waals surface area contributed by atoms with Crippen LogP contribution in [0.25, 0.3) is 0 Å². The zero-order valence-electron chi connectivity index (χ0n) is 15.1. The maximum atomic E-state index is 13.4. The van der Waals surface area contributed by atoms with Gasteiger partial charge < -0.3 is 4.74 Å². The molecule has 1 amide bonds. The molecule has 2 aromatic carbocycles. The van der Waals surface area contributed by atoms with Gasteiger partial charge in [0.25, 0.3) is 5.91 Å².